The van der Waals surface area contributed by atoms with Gasteiger partial charge in [-0.05, 0) is 37.1 Å². The summed E-state index contributed by atoms with van der Waals surface area (Å²) in [4.78, 5) is -0.181. The van der Waals surface area contributed by atoms with Crippen LogP contribution in [-0.4, -0.2) is 32.0 Å². The summed E-state index contributed by atoms with van der Waals surface area (Å²) >= 11 is 0. The highest BCUT2D eigenvalue weighted by Crippen LogP contribution is 2.25. The van der Waals surface area contributed by atoms with Gasteiger partial charge >= 0.3 is 6.36 Å². The molecule has 0 spiro atoms. The van der Waals surface area contributed by atoms with Crippen molar-refractivity contribution < 1.29 is 31.4 Å². The Morgan fingerprint density at radius 2 is 1.73 bits per heavy atom. The van der Waals surface area contributed by atoms with E-state index in [-0.39, 0.29) is 4.90 Å². The molecule has 1 aromatic carbocycles. The van der Waals surface area contributed by atoms with Gasteiger partial charge < -0.3 is 9.84 Å². The van der Waals surface area contributed by atoms with Gasteiger partial charge in [-0.3, -0.25) is 0 Å². The fraction of sp³-hybridized carbons (Fsp3) is 0.538. The summed E-state index contributed by atoms with van der Waals surface area (Å²) in [6.07, 6.45) is -2.89. The van der Waals surface area contributed by atoms with E-state index in [1.807, 2.05) is 0 Å². The lowest BCUT2D eigenvalue weighted by Crippen LogP contribution is -2.44. The van der Waals surface area contributed by atoms with Gasteiger partial charge in [0.2, 0.25) is 10.0 Å². The van der Waals surface area contributed by atoms with Gasteiger partial charge in [-0.1, -0.05) is 12.8 Å². The lowest BCUT2D eigenvalue weighted by Gasteiger charge is -2.28. The minimum absolute atomic E-state index is 0.181. The average molecular weight is 339 g/mol. The maximum atomic E-state index is 12.2. The van der Waals surface area contributed by atoms with Crippen molar-refractivity contribution in [2.24, 2.45) is 0 Å². The lowest BCUT2D eigenvalue weighted by atomic mass is 9.93. The highest BCUT2D eigenvalue weighted by Gasteiger charge is 2.31. The number of hydrogen-bond acceptors (Lipinski definition) is 4. The summed E-state index contributed by atoms with van der Waals surface area (Å²) in [7, 11) is -3.90. The van der Waals surface area contributed by atoms with Crippen molar-refractivity contribution >= 4 is 10.0 Å². The number of aliphatic hydroxyl groups is 1. The second-order valence-electron chi connectivity index (χ2n) is 5.10. The zero-order valence-electron chi connectivity index (χ0n) is 11.5. The molecule has 1 aromatic rings. The first-order valence-corrected chi connectivity index (χ1v) is 8.22. The van der Waals surface area contributed by atoms with Crippen molar-refractivity contribution in [3.63, 3.8) is 0 Å². The molecule has 0 bridgehead atoms. The normalized spacial score (nSPS) is 23.3. The van der Waals surface area contributed by atoms with Crippen LogP contribution in [0.3, 0.4) is 0 Å². The molecule has 9 heteroatoms. The number of alkyl halides is 3. The molecule has 0 radical (unpaired) electrons. The van der Waals surface area contributed by atoms with E-state index in [1.54, 1.807) is 0 Å². The van der Waals surface area contributed by atoms with Gasteiger partial charge in [0.15, 0.2) is 0 Å². The van der Waals surface area contributed by atoms with E-state index in [0.29, 0.717) is 12.8 Å². The first kappa shape index (κ1) is 17.0. The highest BCUT2D eigenvalue weighted by molar-refractivity contribution is 7.89. The van der Waals surface area contributed by atoms with Gasteiger partial charge in [-0.2, -0.15) is 0 Å². The number of hydrogen-bond donors (Lipinski definition) is 2. The largest absolute Gasteiger partial charge is 0.573 e. The lowest BCUT2D eigenvalue weighted by molar-refractivity contribution is -0.274. The molecule has 1 fully saturated rings. The maximum absolute atomic E-state index is 12.2. The first-order chi connectivity index (χ1) is 10.2. The van der Waals surface area contributed by atoms with Crippen molar-refractivity contribution in [3.8, 4) is 5.75 Å². The second kappa shape index (κ2) is 6.43. The summed E-state index contributed by atoms with van der Waals surface area (Å²) < 4.78 is 66.5. The van der Waals surface area contributed by atoms with Crippen LogP contribution in [0.5, 0.6) is 5.75 Å². The highest BCUT2D eigenvalue weighted by atomic mass is 32.2. The van der Waals surface area contributed by atoms with E-state index in [4.69, 9.17) is 0 Å². The van der Waals surface area contributed by atoms with Crippen LogP contribution < -0.4 is 9.46 Å². The number of benzene rings is 1. The average Bonchev–Trinajstić information content (AvgIpc) is 2.40. The molecule has 1 aliphatic carbocycles. The van der Waals surface area contributed by atoms with Gasteiger partial charge in [0.1, 0.15) is 5.75 Å². The Bertz CT molecular complexity index is 601. The van der Waals surface area contributed by atoms with Crippen LogP contribution in [0.15, 0.2) is 29.2 Å². The van der Waals surface area contributed by atoms with Crippen LogP contribution in [0.2, 0.25) is 0 Å². The van der Waals surface area contributed by atoms with Gasteiger partial charge in [-0.15, -0.1) is 13.2 Å². The Morgan fingerprint density at radius 3 is 2.27 bits per heavy atom. The van der Waals surface area contributed by atoms with E-state index < -0.39 is 34.3 Å². The summed E-state index contributed by atoms with van der Waals surface area (Å²) in [5.41, 5.74) is 0. The van der Waals surface area contributed by atoms with Crippen molar-refractivity contribution in [3.05, 3.63) is 24.3 Å². The Balaban J connectivity index is 2.09. The van der Waals surface area contributed by atoms with Crippen LogP contribution in [0.1, 0.15) is 25.7 Å². The van der Waals surface area contributed by atoms with Gasteiger partial charge in [0, 0.05) is 6.04 Å². The third kappa shape index (κ3) is 4.59. The van der Waals surface area contributed by atoms with Gasteiger partial charge in [0.05, 0.1) is 11.0 Å². The third-order valence-corrected chi connectivity index (χ3v) is 4.91. The van der Waals surface area contributed by atoms with Crippen LogP contribution in [0.4, 0.5) is 13.2 Å². The molecule has 0 aromatic heterocycles. The predicted molar refractivity (Wildman–Crippen MR) is 71.7 cm³/mol. The van der Waals surface area contributed by atoms with E-state index in [9.17, 15) is 26.7 Å². The fourth-order valence-electron chi connectivity index (χ4n) is 2.34. The predicted octanol–water partition coefficient (Wildman–Crippen LogP) is 2.17. The third-order valence-electron chi connectivity index (χ3n) is 3.40. The van der Waals surface area contributed by atoms with Gasteiger partial charge in [0.25, 0.3) is 0 Å². The Labute approximate surface area is 126 Å². The van der Waals surface area contributed by atoms with E-state index in [0.717, 1.165) is 37.1 Å². The summed E-state index contributed by atoms with van der Waals surface area (Å²) in [5, 5.41) is 9.78. The van der Waals surface area contributed by atoms with Crippen LogP contribution in [0.25, 0.3) is 0 Å². The fourth-order valence-corrected chi connectivity index (χ4v) is 3.64. The molecule has 124 valence electrons. The molecular weight excluding hydrogens is 323 g/mol. The molecule has 0 heterocycles. The van der Waals surface area contributed by atoms with Crippen LogP contribution >= 0.6 is 0 Å². The molecule has 2 atom stereocenters. The van der Waals surface area contributed by atoms with Crippen LogP contribution in [0, 0.1) is 0 Å². The molecule has 0 aliphatic heterocycles. The summed E-state index contributed by atoms with van der Waals surface area (Å²) in [5.74, 6) is -0.496. The Kier molecular flexibility index (Phi) is 4.98. The van der Waals surface area contributed by atoms with Crippen molar-refractivity contribution in [1.82, 2.24) is 4.72 Å². The zero-order valence-corrected chi connectivity index (χ0v) is 12.3. The Morgan fingerprint density at radius 1 is 1.14 bits per heavy atom. The molecule has 2 rings (SSSR count). The van der Waals surface area contributed by atoms with E-state index in [1.165, 1.54) is 0 Å². The number of sulfonamides is 1. The van der Waals surface area contributed by atoms with Crippen molar-refractivity contribution in [2.75, 3.05) is 0 Å². The standard InChI is InChI=1S/C13H16F3NO4S/c14-13(15,16)21-9-5-7-10(8-6-9)22(19,20)17-11-3-1-2-4-12(11)18/h5-8,11-12,17-18H,1-4H2/t11-,12-/m1/s1. The number of ether oxygens (including phenoxy) is 1. The molecular formula is C13H16F3NO4S. The number of aliphatic hydroxyl groups excluding tert-OH is 1. The summed E-state index contributed by atoms with van der Waals surface area (Å²) in [6, 6.07) is 3.33. The first-order valence-electron chi connectivity index (χ1n) is 6.73. The molecule has 22 heavy (non-hydrogen) atoms. The molecule has 0 amide bonds. The SMILES string of the molecule is O=S(=O)(N[C@@H]1CCCC[C@H]1O)c1ccc(OC(F)(F)F)cc1. The van der Waals surface area contributed by atoms with Crippen molar-refractivity contribution in [1.29, 1.82) is 0 Å². The topological polar surface area (TPSA) is 75.6 Å². The quantitative estimate of drug-likeness (QED) is 0.881. The minimum Gasteiger partial charge on any atom is -0.406 e. The number of nitrogens with one attached hydrogen (secondary N) is 1. The monoisotopic (exact) mass is 339 g/mol. The molecule has 5 nitrogen and oxygen atoms in total. The number of halogens is 3. The molecule has 0 saturated heterocycles. The van der Waals surface area contributed by atoms with Crippen LogP contribution in [-0.2, 0) is 10.0 Å². The molecule has 2 N–H and O–H groups in total. The molecule has 0 unspecified atom stereocenters. The van der Waals surface area contributed by atoms with E-state index in [2.05, 4.69) is 9.46 Å². The van der Waals surface area contributed by atoms with E-state index >= 15 is 0 Å². The molecule has 1 saturated carbocycles. The zero-order chi connectivity index (χ0) is 16.4. The smallest absolute Gasteiger partial charge is 0.406 e. The Hall–Kier alpha value is -1.32. The summed E-state index contributed by atoms with van der Waals surface area (Å²) in [6.45, 7) is 0. The van der Waals surface area contributed by atoms with Crippen molar-refractivity contribution in [2.45, 2.75) is 49.1 Å². The minimum atomic E-state index is -4.83. The van der Waals surface area contributed by atoms with Gasteiger partial charge in [-0.25, -0.2) is 13.1 Å². The number of rotatable bonds is 4. The second-order valence-corrected chi connectivity index (χ2v) is 6.81. The maximum Gasteiger partial charge on any atom is 0.573 e. The molecule has 1 aliphatic rings.